The van der Waals surface area contributed by atoms with Gasteiger partial charge in [0, 0.05) is 6.54 Å². The number of rotatable bonds is 12. The number of anilines is 1. The average molecular weight is 410 g/mol. The number of hydrogen-bond acceptors (Lipinski definition) is 5. The molecular formula is C23H31N5O2. The lowest BCUT2D eigenvalue weighted by Gasteiger charge is -2.04. The van der Waals surface area contributed by atoms with Gasteiger partial charge in [0.2, 0.25) is 5.89 Å². The maximum Gasteiger partial charge on any atom is 0.273 e. The van der Waals surface area contributed by atoms with Crippen LogP contribution in [0.25, 0.3) is 17.1 Å². The normalized spacial score (nSPS) is 11.0. The Bertz CT molecular complexity index is 917. The third-order valence-corrected chi connectivity index (χ3v) is 5.09. The summed E-state index contributed by atoms with van der Waals surface area (Å²) >= 11 is 0. The summed E-state index contributed by atoms with van der Waals surface area (Å²) in [6.07, 6.45) is 12.8. The van der Waals surface area contributed by atoms with Crippen LogP contribution in [0, 0.1) is 0 Å². The fourth-order valence-electron chi connectivity index (χ4n) is 3.35. The molecule has 0 radical (unpaired) electrons. The van der Waals surface area contributed by atoms with Crippen LogP contribution < -0.4 is 11.1 Å². The number of nitrogens with zero attached hydrogens (tertiary/aromatic N) is 3. The molecule has 0 unspecified atom stereocenters. The first-order valence-electron chi connectivity index (χ1n) is 10.8. The standard InChI is InChI=1S/C23H31N5O2/c1-2-3-4-5-6-7-8-12-15-25-22(29)20-17-30-23(27-20)19-16-26-28(21(19)24)18-13-10-9-11-14-18/h9-11,13-14,16-17H,2-8,12,15,24H2,1H3,(H,25,29). The first kappa shape index (κ1) is 21.6. The fourth-order valence-corrected chi connectivity index (χ4v) is 3.35. The molecule has 0 spiro atoms. The molecule has 0 saturated carbocycles. The van der Waals surface area contributed by atoms with E-state index in [2.05, 4.69) is 22.3 Å². The molecule has 1 amide bonds. The van der Waals surface area contributed by atoms with Crippen LogP contribution in [0.2, 0.25) is 0 Å². The number of carbonyl (C=O) groups excluding carboxylic acids is 1. The number of unbranched alkanes of at least 4 members (excludes halogenated alkanes) is 7. The Morgan fingerprint density at radius 3 is 2.50 bits per heavy atom. The van der Waals surface area contributed by atoms with E-state index in [-0.39, 0.29) is 17.5 Å². The zero-order valence-electron chi connectivity index (χ0n) is 17.6. The minimum atomic E-state index is -0.234. The first-order chi connectivity index (χ1) is 14.7. The zero-order chi connectivity index (χ0) is 21.2. The highest BCUT2D eigenvalue weighted by Crippen LogP contribution is 2.27. The molecule has 0 aliphatic rings. The van der Waals surface area contributed by atoms with Gasteiger partial charge in [0.1, 0.15) is 12.1 Å². The van der Waals surface area contributed by atoms with Crippen LogP contribution in [0.4, 0.5) is 5.82 Å². The Morgan fingerprint density at radius 2 is 1.77 bits per heavy atom. The predicted molar refractivity (Wildman–Crippen MR) is 118 cm³/mol. The monoisotopic (exact) mass is 409 g/mol. The number of nitrogens with two attached hydrogens (primary N) is 1. The molecule has 7 heteroatoms. The lowest BCUT2D eigenvalue weighted by molar-refractivity contribution is 0.0948. The Hall–Kier alpha value is -3.09. The van der Waals surface area contributed by atoms with Crippen molar-refractivity contribution in [1.29, 1.82) is 0 Å². The molecule has 2 heterocycles. The molecule has 0 bridgehead atoms. The van der Waals surface area contributed by atoms with E-state index in [9.17, 15) is 4.79 Å². The number of para-hydroxylation sites is 1. The van der Waals surface area contributed by atoms with Crippen molar-refractivity contribution in [2.24, 2.45) is 0 Å². The number of aromatic nitrogens is 3. The molecule has 0 saturated heterocycles. The average Bonchev–Trinajstić information content (AvgIpc) is 3.40. The second kappa shape index (κ2) is 11.2. The van der Waals surface area contributed by atoms with Crippen molar-refractivity contribution in [3.63, 3.8) is 0 Å². The lowest BCUT2D eigenvalue weighted by atomic mass is 10.1. The van der Waals surface area contributed by atoms with Crippen molar-refractivity contribution in [2.45, 2.75) is 58.3 Å². The van der Waals surface area contributed by atoms with Gasteiger partial charge in [0.15, 0.2) is 5.69 Å². The highest BCUT2D eigenvalue weighted by molar-refractivity contribution is 5.92. The van der Waals surface area contributed by atoms with Gasteiger partial charge in [-0.05, 0) is 18.6 Å². The molecule has 0 aliphatic carbocycles. The van der Waals surface area contributed by atoms with Gasteiger partial charge >= 0.3 is 0 Å². The van der Waals surface area contributed by atoms with Gasteiger partial charge < -0.3 is 15.5 Å². The largest absolute Gasteiger partial charge is 0.443 e. The molecule has 0 fully saturated rings. The smallest absolute Gasteiger partial charge is 0.273 e. The number of nitrogens with one attached hydrogen (secondary N) is 1. The highest BCUT2D eigenvalue weighted by Gasteiger charge is 2.18. The number of nitrogen functional groups attached to an aromatic ring is 1. The van der Waals surface area contributed by atoms with E-state index < -0.39 is 0 Å². The van der Waals surface area contributed by atoms with Crippen molar-refractivity contribution in [2.75, 3.05) is 12.3 Å². The van der Waals surface area contributed by atoms with Gasteiger partial charge in [-0.1, -0.05) is 70.1 Å². The van der Waals surface area contributed by atoms with Crippen LogP contribution in [0.3, 0.4) is 0 Å². The van der Waals surface area contributed by atoms with E-state index in [4.69, 9.17) is 10.2 Å². The van der Waals surface area contributed by atoms with Crippen molar-refractivity contribution in [3.8, 4) is 17.1 Å². The molecule has 30 heavy (non-hydrogen) atoms. The number of carbonyl (C=O) groups is 1. The minimum absolute atomic E-state index is 0.234. The zero-order valence-corrected chi connectivity index (χ0v) is 17.6. The van der Waals surface area contributed by atoms with E-state index in [0.29, 0.717) is 17.9 Å². The molecule has 7 nitrogen and oxygen atoms in total. The maximum atomic E-state index is 12.3. The Morgan fingerprint density at radius 1 is 1.07 bits per heavy atom. The van der Waals surface area contributed by atoms with Crippen LogP contribution in [0.5, 0.6) is 0 Å². The summed E-state index contributed by atoms with van der Waals surface area (Å²) < 4.78 is 7.10. The van der Waals surface area contributed by atoms with Crippen LogP contribution in [-0.4, -0.2) is 27.2 Å². The van der Waals surface area contributed by atoms with Gasteiger partial charge in [-0.3, -0.25) is 4.79 Å². The Labute approximate surface area is 177 Å². The Balaban J connectivity index is 1.47. The molecular weight excluding hydrogens is 378 g/mol. The molecule has 0 aliphatic heterocycles. The number of oxazole rings is 1. The summed E-state index contributed by atoms with van der Waals surface area (Å²) in [5.41, 5.74) is 7.86. The quantitative estimate of drug-likeness (QED) is 0.411. The molecule has 0 atom stereocenters. The van der Waals surface area contributed by atoms with Gasteiger partial charge in [-0.15, -0.1) is 0 Å². The first-order valence-corrected chi connectivity index (χ1v) is 10.8. The third-order valence-electron chi connectivity index (χ3n) is 5.09. The minimum Gasteiger partial charge on any atom is -0.443 e. The number of benzene rings is 1. The summed E-state index contributed by atoms with van der Waals surface area (Å²) in [6.45, 7) is 2.87. The second-order valence-electron chi connectivity index (χ2n) is 7.46. The van der Waals surface area contributed by atoms with Crippen molar-refractivity contribution in [1.82, 2.24) is 20.1 Å². The summed E-state index contributed by atoms with van der Waals surface area (Å²) in [5, 5.41) is 7.22. The van der Waals surface area contributed by atoms with E-state index in [1.165, 1.54) is 44.8 Å². The van der Waals surface area contributed by atoms with E-state index in [1.54, 1.807) is 10.9 Å². The van der Waals surface area contributed by atoms with E-state index in [1.807, 2.05) is 30.3 Å². The fraction of sp³-hybridized carbons (Fsp3) is 0.435. The van der Waals surface area contributed by atoms with Crippen molar-refractivity contribution in [3.05, 3.63) is 48.5 Å². The number of amides is 1. The van der Waals surface area contributed by atoms with Crippen molar-refractivity contribution < 1.29 is 9.21 Å². The van der Waals surface area contributed by atoms with Crippen LogP contribution >= 0.6 is 0 Å². The van der Waals surface area contributed by atoms with Gasteiger partial charge in [-0.2, -0.15) is 5.10 Å². The van der Waals surface area contributed by atoms with Gasteiger partial charge in [-0.25, -0.2) is 9.67 Å². The molecule has 160 valence electrons. The molecule has 3 aromatic rings. The van der Waals surface area contributed by atoms with Crippen LogP contribution in [0.15, 0.2) is 47.2 Å². The van der Waals surface area contributed by atoms with Crippen molar-refractivity contribution >= 4 is 11.7 Å². The SMILES string of the molecule is CCCCCCCCCCNC(=O)c1coc(-c2cnn(-c3ccccc3)c2N)n1. The lowest BCUT2D eigenvalue weighted by Crippen LogP contribution is -2.24. The van der Waals surface area contributed by atoms with E-state index in [0.717, 1.165) is 18.5 Å². The maximum absolute atomic E-state index is 12.3. The highest BCUT2D eigenvalue weighted by atomic mass is 16.3. The molecule has 3 N–H and O–H groups in total. The second-order valence-corrected chi connectivity index (χ2v) is 7.46. The third kappa shape index (κ3) is 5.72. The molecule has 3 rings (SSSR count). The van der Waals surface area contributed by atoms with Crippen LogP contribution in [-0.2, 0) is 0 Å². The molecule has 1 aromatic carbocycles. The Kier molecular flexibility index (Phi) is 8.06. The summed E-state index contributed by atoms with van der Waals surface area (Å²) in [6, 6.07) is 9.57. The van der Waals surface area contributed by atoms with E-state index >= 15 is 0 Å². The van der Waals surface area contributed by atoms with Gasteiger partial charge in [0.05, 0.1) is 17.4 Å². The number of hydrogen-bond donors (Lipinski definition) is 2. The molecule has 2 aromatic heterocycles. The summed E-state index contributed by atoms with van der Waals surface area (Å²) in [4.78, 5) is 16.6. The van der Waals surface area contributed by atoms with Crippen LogP contribution in [0.1, 0.15) is 68.8 Å². The van der Waals surface area contributed by atoms with Gasteiger partial charge in [0.25, 0.3) is 5.91 Å². The predicted octanol–water partition coefficient (Wildman–Crippen LogP) is 4.98. The summed E-state index contributed by atoms with van der Waals surface area (Å²) in [7, 11) is 0. The summed E-state index contributed by atoms with van der Waals surface area (Å²) in [5.74, 6) is 0.461. The topological polar surface area (TPSA) is 99.0 Å².